The average molecular weight is 627 g/mol. The highest BCUT2D eigenvalue weighted by Gasteiger charge is 2.40. The Kier molecular flexibility index (Phi) is 10.6. The molecule has 3 atom stereocenters. The molecule has 0 spiro atoms. The van der Waals surface area contributed by atoms with Crippen molar-refractivity contribution in [1.29, 1.82) is 0 Å². The smallest absolute Gasteiger partial charge is 0.288 e. The monoisotopic (exact) mass is 626 g/mol. The van der Waals surface area contributed by atoms with Crippen LogP contribution in [0.15, 0.2) is 48.2 Å². The molecule has 1 N–H and O–H groups in total. The number of hydrogen-bond acceptors (Lipinski definition) is 11. The molecule has 0 unspecified atom stereocenters. The average Bonchev–Trinajstić information content (AvgIpc) is 3.74. The maximum Gasteiger partial charge on any atom is 0.288 e. The minimum atomic E-state index is -0.629. The quantitative estimate of drug-likeness (QED) is 0.312. The first kappa shape index (κ1) is 31.4. The Balaban J connectivity index is 1.13. The fourth-order valence-corrected chi connectivity index (χ4v) is 6.10. The highest BCUT2D eigenvalue weighted by Crippen LogP contribution is 2.43. The molecule has 0 aliphatic carbocycles. The number of fused-ring (bicyclic) bond motifs is 2. The highest BCUT2D eigenvalue weighted by molar-refractivity contribution is 5.92. The van der Waals surface area contributed by atoms with Crippen LogP contribution in [0.5, 0.6) is 23.0 Å². The number of allylic oxidation sites excluding steroid dienone is 1. The predicted molar refractivity (Wildman–Crippen MR) is 161 cm³/mol. The summed E-state index contributed by atoms with van der Waals surface area (Å²) in [5.74, 6) is 2.82. The zero-order valence-corrected chi connectivity index (χ0v) is 25.7. The molecule has 1 amide bonds. The summed E-state index contributed by atoms with van der Waals surface area (Å²) >= 11 is 0. The van der Waals surface area contributed by atoms with Crippen molar-refractivity contribution in [3.05, 3.63) is 59.4 Å². The maximum atomic E-state index is 13.9. The first-order chi connectivity index (χ1) is 22.1. The van der Waals surface area contributed by atoms with Crippen LogP contribution < -0.4 is 18.9 Å². The molecule has 4 heterocycles. The summed E-state index contributed by atoms with van der Waals surface area (Å²) < 4.78 is 45.7. The van der Waals surface area contributed by atoms with Gasteiger partial charge in [-0.05, 0) is 54.8 Å². The van der Waals surface area contributed by atoms with Gasteiger partial charge >= 0.3 is 0 Å². The number of hydrogen-bond donors (Lipinski definition) is 1. The van der Waals surface area contributed by atoms with Gasteiger partial charge in [-0.3, -0.25) is 9.69 Å². The van der Waals surface area contributed by atoms with E-state index in [1.54, 1.807) is 0 Å². The van der Waals surface area contributed by atoms with Gasteiger partial charge < -0.3 is 47.9 Å². The minimum absolute atomic E-state index is 0.0170. The van der Waals surface area contributed by atoms with Crippen LogP contribution in [0.4, 0.5) is 0 Å². The molecule has 0 bridgehead atoms. The summed E-state index contributed by atoms with van der Waals surface area (Å²) in [4.78, 5) is 18.1. The van der Waals surface area contributed by atoms with Crippen LogP contribution in [0.2, 0.25) is 0 Å². The van der Waals surface area contributed by atoms with E-state index in [1.165, 1.54) is 0 Å². The number of aliphatic hydroxyl groups is 1. The third kappa shape index (κ3) is 7.64. The van der Waals surface area contributed by atoms with Crippen molar-refractivity contribution in [2.24, 2.45) is 5.92 Å². The zero-order chi connectivity index (χ0) is 31.0. The number of nitrogens with zero attached hydrogens (tertiary/aromatic N) is 2. The standard InChI is InChI=1S/C33H42N2O10/c1-2-40-33-25(7-13-38-15-16-39-14-12-36)26(24-4-6-28-30(18-24)44-22-42-28)19-31(45-33)32(37)35-10-8-34(9-11-35)20-23-3-5-27-29(17-23)43-21-41-27/h3-6,17-19,25-26,33,36H,2,7-16,20-22H2,1H3/t25-,26-,33-/m0/s1. The first-order valence-corrected chi connectivity index (χ1v) is 15.7. The lowest BCUT2D eigenvalue weighted by atomic mass is 9.81. The van der Waals surface area contributed by atoms with Crippen LogP contribution in [0.1, 0.15) is 30.4 Å². The summed E-state index contributed by atoms with van der Waals surface area (Å²) in [5, 5.41) is 8.90. The van der Waals surface area contributed by atoms with Crippen molar-refractivity contribution < 1.29 is 47.8 Å². The van der Waals surface area contributed by atoms with E-state index >= 15 is 0 Å². The van der Waals surface area contributed by atoms with Gasteiger partial charge in [-0.2, -0.15) is 0 Å². The summed E-state index contributed by atoms with van der Waals surface area (Å²) in [6, 6.07) is 11.9. The second kappa shape index (κ2) is 15.2. The summed E-state index contributed by atoms with van der Waals surface area (Å²) in [6.45, 7) is 7.80. The van der Waals surface area contributed by atoms with Crippen molar-refractivity contribution in [2.45, 2.75) is 32.1 Å². The number of aliphatic hydroxyl groups excluding tert-OH is 1. The van der Waals surface area contributed by atoms with E-state index in [-0.39, 0.29) is 44.5 Å². The normalized spacial score (nSPS) is 22.3. The molecule has 12 heteroatoms. The molecule has 1 fully saturated rings. The van der Waals surface area contributed by atoms with Gasteiger partial charge in [-0.15, -0.1) is 0 Å². The Morgan fingerprint density at radius 1 is 0.867 bits per heavy atom. The Morgan fingerprint density at radius 3 is 2.29 bits per heavy atom. The van der Waals surface area contributed by atoms with Gasteiger partial charge in [0.15, 0.2) is 28.8 Å². The van der Waals surface area contributed by atoms with Crippen LogP contribution in [-0.4, -0.2) is 107 Å². The van der Waals surface area contributed by atoms with Crippen LogP contribution in [-0.2, 0) is 30.3 Å². The van der Waals surface area contributed by atoms with Crippen molar-refractivity contribution in [3.63, 3.8) is 0 Å². The van der Waals surface area contributed by atoms with E-state index in [0.29, 0.717) is 63.2 Å². The van der Waals surface area contributed by atoms with Gasteiger partial charge in [-0.1, -0.05) is 12.1 Å². The van der Waals surface area contributed by atoms with E-state index in [2.05, 4.69) is 11.0 Å². The SMILES string of the molecule is CCO[C@H]1OC(C(=O)N2CCN(Cc3ccc4c(c3)OCO4)CC2)=C[C@@H](c2ccc3c(c2)OCO3)[C@@H]1CCOCCOCCO. The predicted octanol–water partition coefficient (Wildman–Crippen LogP) is 2.88. The summed E-state index contributed by atoms with van der Waals surface area (Å²) in [7, 11) is 0. The van der Waals surface area contributed by atoms with Gasteiger partial charge in [0.05, 0.1) is 26.4 Å². The van der Waals surface area contributed by atoms with E-state index < -0.39 is 6.29 Å². The second-order valence-electron chi connectivity index (χ2n) is 11.3. The van der Waals surface area contributed by atoms with Crippen molar-refractivity contribution >= 4 is 5.91 Å². The fourth-order valence-electron chi connectivity index (χ4n) is 6.10. The number of ether oxygens (including phenoxy) is 8. The fraction of sp³-hybridized carbons (Fsp3) is 0.545. The Morgan fingerprint density at radius 2 is 1.56 bits per heavy atom. The lowest BCUT2D eigenvalue weighted by molar-refractivity contribution is -0.172. The molecule has 2 aromatic rings. The molecule has 4 aliphatic heterocycles. The van der Waals surface area contributed by atoms with Crippen molar-refractivity contribution in [2.75, 3.05) is 79.4 Å². The third-order valence-electron chi connectivity index (χ3n) is 8.41. The molecule has 0 radical (unpaired) electrons. The number of rotatable bonds is 14. The largest absolute Gasteiger partial charge is 0.459 e. The van der Waals surface area contributed by atoms with Crippen LogP contribution in [0.3, 0.4) is 0 Å². The maximum absolute atomic E-state index is 13.9. The Bertz CT molecular complexity index is 1330. The van der Waals surface area contributed by atoms with Crippen LogP contribution in [0.25, 0.3) is 0 Å². The van der Waals surface area contributed by atoms with Gasteiger partial charge in [0.1, 0.15) is 0 Å². The molecule has 45 heavy (non-hydrogen) atoms. The highest BCUT2D eigenvalue weighted by atomic mass is 16.7. The molecule has 4 aliphatic rings. The Hall–Kier alpha value is -3.55. The van der Waals surface area contributed by atoms with Crippen LogP contribution >= 0.6 is 0 Å². The molecule has 2 aromatic carbocycles. The van der Waals surface area contributed by atoms with Crippen LogP contribution in [0, 0.1) is 5.92 Å². The topological polar surface area (TPSA) is 118 Å². The number of benzene rings is 2. The lowest BCUT2D eigenvalue weighted by Gasteiger charge is -2.39. The molecular formula is C33H42N2O10. The number of carbonyl (C=O) groups is 1. The zero-order valence-electron chi connectivity index (χ0n) is 25.7. The van der Waals surface area contributed by atoms with Gasteiger partial charge in [0.2, 0.25) is 19.9 Å². The summed E-state index contributed by atoms with van der Waals surface area (Å²) in [5.41, 5.74) is 2.14. The number of amides is 1. The minimum Gasteiger partial charge on any atom is -0.459 e. The van der Waals surface area contributed by atoms with Crippen molar-refractivity contribution in [3.8, 4) is 23.0 Å². The Labute approximate surface area is 263 Å². The van der Waals surface area contributed by atoms with Gasteiger partial charge in [0, 0.05) is 57.8 Å². The molecule has 0 saturated carbocycles. The molecule has 0 aromatic heterocycles. The molecular weight excluding hydrogens is 584 g/mol. The van der Waals surface area contributed by atoms with E-state index in [9.17, 15) is 4.79 Å². The van der Waals surface area contributed by atoms with E-state index in [4.69, 9.17) is 43.0 Å². The van der Waals surface area contributed by atoms with E-state index in [1.807, 2.05) is 48.2 Å². The molecule has 1 saturated heterocycles. The van der Waals surface area contributed by atoms with Gasteiger partial charge in [-0.25, -0.2) is 0 Å². The summed E-state index contributed by atoms with van der Waals surface area (Å²) in [6.07, 6.45) is 1.94. The first-order valence-electron chi connectivity index (χ1n) is 15.7. The molecule has 6 rings (SSSR count). The number of piperazine rings is 1. The van der Waals surface area contributed by atoms with Gasteiger partial charge in [0.25, 0.3) is 5.91 Å². The van der Waals surface area contributed by atoms with E-state index in [0.717, 1.165) is 42.3 Å². The number of carbonyl (C=O) groups excluding carboxylic acids is 1. The molecule has 244 valence electrons. The second-order valence-corrected chi connectivity index (χ2v) is 11.3. The lowest BCUT2D eigenvalue weighted by Crippen LogP contribution is -2.50. The van der Waals surface area contributed by atoms with Crippen molar-refractivity contribution in [1.82, 2.24) is 9.80 Å². The third-order valence-corrected chi connectivity index (χ3v) is 8.41. The molecule has 12 nitrogen and oxygen atoms in total.